The van der Waals surface area contributed by atoms with Crippen LogP contribution in [-0.4, -0.2) is 97.3 Å². The van der Waals surface area contributed by atoms with Gasteiger partial charge in [0.25, 0.3) is 0 Å². The van der Waals surface area contributed by atoms with E-state index in [1.807, 2.05) is 0 Å². The van der Waals surface area contributed by atoms with Gasteiger partial charge in [0.1, 0.15) is 0 Å². The first-order chi connectivity index (χ1) is 12.2. The molecule has 3 heterocycles. The van der Waals surface area contributed by atoms with Crippen molar-refractivity contribution in [1.29, 1.82) is 0 Å². The number of piperazine rings is 1. The molecular weight excluding hydrogens is 316 g/mol. The molecule has 3 fully saturated rings. The molecule has 6 nitrogen and oxygen atoms in total. The molecule has 0 amide bonds. The topological polar surface area (TPSA) is 59.1 Å². The van der Waals surface area contributed by atoms with Crippen LogP contribution >= 0.6 is 0 Å². The molecule has 0 aliphatic carbocycles. The van der Waals surface area contributed by atoms with Crippen molar-refractivity contribution in [3.63, 3.8) is 0 Å². The quantitative estimate of drug-likeness (QED) is 0.711. The van der Waals surface area contributed by atoms with Crippen LogP contribution in [0.5, 0.6) is 0 Å². The van der Waals surface area contributed by atoms with Gasteiger partial charge in [0, 0.05) is 45.3 Å². The van der Waals surface area contributed by atoms with Crippen molar-refractivity contribution in [3.05, 3.63) is 0 Å². The maximum absolute atomic E-state index is 10.8. The first-order valence-electron chi connectivity index (χ1n) is 10.3. The van der Waals surface area contributed by atoms with E-state index in [9.17, 15) is 4.79 Å². The van der Waals surface area contributed by atoms with E-state index in [1.165, 1.54) is 71.5 Å². The summed E-state index contributed by atoms with van der Waals surface area (Å²) in [5.74, 6) is 0.259. The number of carbonyl (C=O) groups is 1. The molecule has 0 aromatic rings. The van der Waals surface area contributed by atoms with Crippen LogP contribution in [0.2, 0.25) is 0 Å². The fourth-order valence-corrected chi connectivity index (χ4v) is 4.76. The molecule has 3 aliphatic heterocycles. The average Bonchev–Trinajstić information content (AvgIpc) is 2.63. The van der Waals surface area contributed by atoms with Gasteiger partial charge >= 0.3 is 5.97 Å². The molecule has 0 radical (unpaired) electrons. The highest BCUT2D eigenvalue weighted by molar-refractivity contribution is 5.69. The maximum atomic E-state index is 10.8. The van der Waals surface area contributed by atoms with Crippen molar-refractivity contribution < 1.29 is 9.90 Å². The fraction of sp³-hybridized carbons (Fsp3) is 0.947. The minimum absolute atomic E-state index is 0.206. The third kappa shape index (κ3) is 6.20. The van der Waals surface area contributed by atoms with E-state index in [1.54, 1.807) is 0 Å². The Hall–Kier alpha value is -0.690. The van der Waals surface area contributed by atoms with Crippen LogP contribution in [0.25, 0.3) is 0 Å². The van der Waals surface area contributed by atoms with Crippen LogP contribution in [-0.2, 0) is 4.79 Å². The van der Waals surface area contributed by atoms with Crippen LogP contribution in [0.3, 0.4) is 0 Å². The van der Waals surface area contributed by atoms with Crippen LogP contribution in [0.1, 0.15) is 38.5 Å². The van der Waals surface area contributed by atoms with Gasteiger partial charge in [0.15, 0.2) is 0 Å². The number of nitrogens with zero attached hydrogens (tertiary/aromatic N) is 3. The lowest BCUT2D eigenvalue weighted by molar-refractivity contribution is -0.138. The van der Waals surface area contributed by atoms with Crippen LogP contribution in [0, 0.1) is 5.92 Å². The van der Waals surface area contributed by atoms with Crippen LogP contribution in [0.15, 0.2) is 0 Å². The lowest BCUT2D eigenvalue weighted by Gasteiger charge is -2.42. The molecule has 3 saturated heterocycles. The SMILES string of the molecule is O=C(O)CN1CCC(N2CCN(CCCC3CCNCC3)CC2)CC1. The molecule has 0 spiro atoms. The number of hydrogen-bond acceptors (Lipinski definition) is 5. The largest absolute Gasteiger partial charge is 0.480 e. The Kier molecular flexibility index (Phi) is 7.52. The second kappa shape index (κ2) is 9.86. The number of likely N-dealkylation sites (tertiary alicyclic amines) is 1. The van der Waals surface area contributed by atoms with Gasteiger partial charge in [-0.15, -0.1) is 0 Å². The minimum atomic E-state index is -0.698. The summed E-state index contributed by atoms with van der Waals surface area (Å²) < 4.78 is 0. The molecule has 6 heteroatoms. The van der Waals surface area contributed by atoms with E-state index in [0.717, 1.165) is 31.8 Å². The standard InChI is InChI=1S/C19H36N4O2/c24-19(25)16-22-10-5-18(6-11-22)23-14-12-21(13-15-23)9-1-2-17-3-7-20-8-4-17/h17-18,20H,1-16H2,(H,24,25). The third-order valence-electron chi connectivity index (χ3n) is 6.38. The van der Waals surface area contributed by atoms with Crippen molar-refractivity contribution >= 4 is 5.97 Å². The number of piperidine rings is 2. The highest BCUT2D eigenvalue weighted by atomic mass is 16.4. The Balaban J connectivity index is 1.28. The van der Waals surface area contributed by atoms with E-state index in [2.05, 4.69) is 20.0 Å². The monoisotopic (exact) mass is 352 g/mol. The lowest BCUT2D eigenvalue weighted by Crippen LogP contribution is -2.53. The van der Waals surface area contributed by atoms with Crippen LogP contribution < -0.4 is 5.32 Å². The third-order valence-corrected chi connectivity index (χ3v) is 6.38. The second-order valence-corrected chi connectivity index (χ2v) is 8.11. The van der Waals surface area contributed by atoms with E-state index >= 15 is 0 Å². The van der Waals surface area contributed by atoms with Gasteiger partial charge < -0.3 is 15.3 Å². The maximum Gasteiger partial charge on any atom is 0.317 e. The average molecular weight is 353 g/mol. The number of carboxylic acids is 1. The van der Waals surface area contributed by atoms with Gasteiger partial charge in [-0.05, 0) is 64.1 Å². The lowest BCUT2D eigenvalue weighted by atomic mass is 9.93. The van der Waals surface area contributed by atoms with Crippen molar-refractivity contribution in [2.45, 2.75) is 44.6 Å². The van der Waals surface area contributed by atoms with Crippen molar-refractivity contribution in [3.8, 4) is 0 Å². The van der Waals surface area contributed by atoms with E-state index < -0.39 is 5.97 Å². The molecule has 0 aromatic carbocycles. The Bertz CT molecular complexity index is 398. The van der Waals surface area contributed by atoms with Gasteiger partial charge in [-0.25, -0.2) is 0 Å². The van der Waals surface area contributed by atoms with Gasteiger partial charge in [-0.1, -0.05) is 0 Å². The van der Waals surface area contributed by atoms with E-state index in [4.69, 9.17) is 5.11 Å². The van der Waals surface area contributed by atoms with Crippen molar-refractivity contribution in [2.75, 3.05) is 65.4 Å². The number of hydrogen-bond donors (Lipinski definition) is 2. The normalized spacial score (nSPS) is 26.1. The molecule has 3 aliphatic rings. The molecule has 0 unspecified atom stereocenters. The van der Waals surface area contributed by atoms with Crippen molar-refractivity contribution in [1.82, 2.24) is 20.0 Å². The second-order valence-electron chi connectivity index (χ2n) is 8.11. The zero-order valence-electron chi connectivity index (χ0n) is 15.7. The predicted octanol–water partition coefficient (Wildman–Crippen LogP) is 0.933. The van der Waals surface area contributed by atoms with E-state index in [0.29, 0.717) is 6.04 Å². The van der Waals surface area contributed by atoms with Gasteiger partial charge in [0.2, 0.25) is 0 Å². The number of rotatable bonds is 7. The summed E-state index contributed by atoms with van der Waals surface area (Å²) >= 11 is 0. The molecule has 144 valence electrons. The molecular formula is C19H36N4O2. The van der Waals surface area contributed by atoms with E-state index in [-0.39, 0.29) is 6.54 Å². The summed E-state index contributed by atoms with van der Waals surface area (Å²) in [6, 6.07) is 0.668. The Labute approximate surface area is 152 Å². The van der Waals surface area contributed by atoms with Gasteiger partial charge in [0.05, 0.1) is 6.54 Å². The number of aliphatic carboxylic acids is 1. The first kappa shape index (κ1) is 19.1. The summed E-state index contributed by atoms with van der Waals surface area (Å²) in [5.41, 5.74) is 0. The number of nitrogens with one attached hydrogen (secondary N) is 1. The minimum Gasteiger partial charge on any atom is -0.480 e. The summed E-state index contributed by atoms with van der Waals surface area (Å²) in [6.45, 7) is 10.6. The van der Waals surface area contributed by atoms with Crippen LogP contribution in [0.4, 0.5) is 0 Å². The Morgan fingerprint density at radius 2 is 1.60 bits per heavy atom. The Morgan fingerprint density at radius 3 is 2.24 bits per heavy atom. The molecule has 25 heavy (non-hydrogen) atoms. The predicted molar refractivity (Wildman–Crippen MR) is 99.9 cm³/mol. The smallest absolute Gasteiger partial charge is 0.317 e. The Morgan fingerprint density at radius 1 is 0.920 bits per heavy atom. The molecule has 3 rings (SSSR count). The molecule has 2 N–H and O–H groups in total. The van der Waals surface area contributed by atoms with Gasteiger partial charge in [-0.2, -0.15) is 0 Å². The van der Waals surface area contributed by atoms with Crippen molar-refractivity contribution in [2.24, 2.45) is 5.92 Å². The highest BCUT2D eigenvalue weighted by Crippen LogP contribution is 2.20. The highest BCUT2D eigenvalue weighted by Gasteiger charge is 2.27. The summed E-state index contributed by atoms with van der Waals surface area (Å²) in [6.07, 6.45) is 7.76. The zero-order valence-corrected chi connectivity index (χ0v) is 15.7. The number of carboxylic acid groups (broad SMARTS) is 1. The molecule has 0 bridgehead atoms. The summed E-state index contributed by atoms with van der Waals surface area (Å²) in [7, 11) is 0. The van der Waals surface area contributed by atoms with Gasteiger partial charge in [-0.3, -0.25) is 14.6 Å². The summed E-state index contributed by atoms with van der Waals surface area (Å²) in [5, 5.41) is 12.4. The zero-order chi connectivity index (χ0) is 17.5. The summed E-state index contributed by atoms with van der Waals surface area (Å²) in [4.78, 5) is 18.2. The molecule has 0 saturated carbocycles. The molecule has 0 atom stereocenters. The molecule has 0 aromatic heterocycles. The fourth-order valence-electron chi connectivity index (χ4n) is 4.76. The first-order valence-corrected chi connectivity index (χ1v) is 10.3.